The SMILES string of the molecule is COc1nc(NCCCOC(=O)NC(C)(C)C)nc(OC)c1NC(=O)c1csc(Oc2cc3c(cc2C)CCC3(C)C)n1. The first-order valence-corrected chi connectivity index (χ1v) is 14.9. The summed E-state index contributed by atoms with van der Waals surface area (Å²) in [7, 11) is 2.86. The number of rotatable bonds is 11. The molecule has 4 rings (SSSR count). The van der Waals surface area contributed by atoms with E-state index in [0.29, 0.717) is 18.2 Å². The molecule has 232 valence electrons. The molecule has 1 aromatic carbocycles. The van der Waals surface area contributed by atoms with Crippen LogP contribution in [0.5, 0.6) is 22.7 Å². The minimum absolute atomic E-state index is 0.0960. The summed E-state index contributed by atoms with van der Waals surface area (Å²) in [5.74, 6) is 0.667. The van der Waals surface area contributed by atoms with Gasteiger partial charge < -0.3 is 34.9 Å². The number of benzene rings is 1. The molecule has 1 aliphatic rings. The lowest BCUT2D eigenvalue weighted by Crippen LogP contribution is -2.41. The molecule has 0 bridgehead atoms. The lowest BCUT2D eigenvalue weighted by Gasteiger charge is -2.20. The average Bonchev–Trinajstić information content (AvgIpc) is 3.52. The molecule has 13 heteroatoms. The maximum absolute atomic E-state index is 13.1. The fraction of sp³-hybridized carbons (Fsp3) is 0.500. The summed E-state index contributed by atoms with van der Waals surface area (Å²) in [6, 6.07) is 4.27. The van der Waals surface area contributed by atoms with Gasteiger partial charge in [0.15, 0.2) is 5.69 Å². The molecule has 0 fully saturated rings. The van der Waals surface area contributed by atoms with Crippen LogP contribution in [0.4, 0.5) is 16.4 Å². The van der Waals surface area contributed by atoms with Crippen LogP contribution < -0.4 is 30.2 Å². The number of thiazole rings is 1. The second-order valence-corrected chi connectivity index (χ2v) is 12.8. The number of fused-ring (bicyclic) bond motifs is 1. The molecule has 0 saturated heterocycles. The second kappa shape index (κ2) is 13.0. The van der Waals surface area contributed by atoms with Gasteiger partial charge in [0, 0.05) is 17.5 Å². The van der Waals surface area contributed by atoms with E-state index in [1.165, 1.54) is 36.7 Å². The summed E-state index contributed by atoms with van der Waals surface area (Å²) in [5.41, 5.74) is 3.72. The van der Waals surface area contributed by atoms with E-state index >= 15 is 0 Å². The van der Waals surface area contributed by atoms with E-state index in [1.807, 2.05) is 27.7 Å². The van der Waals surface area contributed by atoms with Crippen molar-refractivity contribution in [3.8, 4) is 22.7 Å². The van der Waals surface area contributed by atoms with Crippen molar-refractivity contribution >= 4 is 35.0 Å². The van der Waals surface area contributed by atoms with Crippen molar-refractivity contribution in [1.82, 2.24) is 20.3 Å². The third-order valence-electron chi connectivity index (χ3n) is 6.84. The van der Waals surface area contributed by atoms with Crippen LogP contribution in [0.3, 0.4) is 0 Å². The Bertz CT molecular complexity index is 1460. The van der Waals surface area contributed by atoms with Gasteiger partial charge in [-0.1, -0.05) is 31.3 Å². The quantitative estimate of drug-likeness (QED) is 0.225. The van der Waals surface area contributed by atoms with Gasteiger partial charge >= 0.3 is 6.09 Å². The summed E-state index contributed by atoms with van der Waals surface area (Å²) >= 11 is 1.23. The average molecular weight is 613 g/mol. The van der Waals surface area contributed by atoms with Crippen LogP contribution in [-0.4, -0.2) is 59.9 Å². The van der Waals surface area contributed by atoms with E-state index in [1.54, 1.807) is 5.38 Å². The number of aromatic nitrogens is 3. The Balaban J connectivity index is 1.38. The number of anilines is 2. The number of nitrogens with one attached hydrogen (secondary N) is 3. The zero-order chi connectivity index (χ0) is 31.4. The van der Waals surface area contributed by atoms with Gasteiger partial charge in [-0.2, -0.15) is 15.0 Å². The molecule has 12 nitrogen and oxygen atoms in total. The Labute approximate surface area is 255 Å². The van der Waals surface area contributed by atoms with Crippen molar-refractivity contribution < 1.29 is 28.5 Å². The van der Waals surface area contributed by atoms with E-state index in [2.05, 4.69) is 56.9 Å². The molecule has 0 atom stereocenters. The maximum Gasteiger partial charge on any atom is 0.407 e. The zero-order valence-corrected chi connectivity index (χ0v) is 26.8. The second-order valence-electron chi connectivity index (χ2n) is 11.9. The number of carbonyl (C=O) groups is 2. The molecule has 1 aliphatic carbocycles. The van der Waals surface area contributed by atoms with Crippen molar-refractivity contribution in [3.63, 3.8) is 0 Å². The fourth-order valence-electron chi connectivity index (χ4n) is 4.64. The minimum Gasteiger partial charge on any atom is -0.479 e. The topological polar surface area (TPSA) is 146 Å². The highest BCUT2D eigenvalue weighted by Gasteiger charge is 2.31. The van der Waals surface area contributed by atoms with Crippen LogP contribution in [0.15, 0.2) is 17.5 Å². The summed E-state index contributed by atoms with van der Waals surface area (Å²) in [5, 5.41) is 10.5. The number of nitrogens with zero attached hydrogens (tertiary/aromatic N) is 3. The largest absolute Gasteiger partial charge is 0.479 e. The first-order valence-electron chi connectivity index (χ1n) is 14.1. The minimum atomic E-state index is -0.496. The predicted octanol–water partition coefficient (Wildman–Crippen LogP) is 5.85. The molecular weight excluding hydrogens is 572 g/mol. The van der Waals surface area contributed by atoms with Gasteiger partial charge in [0.1, 0.15) is 11.4 Å². The van der Waals surface area contributed by atoms with Crippen molar-refractivity contribution in [1.29, 1.82) is 0 Å². The van der Waals surface area contributed by atoms with E-state index < -0.39 is 12.0 Å². The molecule has 0 saturated carbocycles. The smallest absolute Gasteiger partial charge is 0.407 e. The molecule has 2 heterocycles. The van der Waals surface area contributed by atoms with Gasteiger partial charge in [-0.25, -0.2) is 4.79 Å². The third-order valence-corrected chi connectivity index (χ3v) is 7.56. The normalized spacial score (nSPS) is 13.6. The predicted molar refractivity (Wildman–Crippen MR) is 165 cm³/mol. The summed E-state index contributed by atoms with van der Waals surface area (Å²) in [6.45, 7) is 12.7. The lowest BCUT2D eigenvalue weighted by molar-refractivity contribution is 0.102. The number of hydrogen-bond acceptors (Lipinski definition) is 11. The van der Waals surface area contributed by atoms with Gasteiger partial charge in [0.2, 0.25) is 17.7 Å². The molecule has 43 heavy (non-hydrogen) atoms. The van der Waals surface area contributed by atoms with Gasteiger partial charge in [-0.3, -0.25) is 4.79 Å². The maximum atomic E-state index is 13.1. The number of methoxy groups -OCH3 is 2. The number of ether oxygens (including phenoxy) is 4. The van der Waals surface area contributed by atoms with Crippen molar-refractivity contribution in [2.24, 2.45) is 0 Å². The Morgan fingerprint density at radius 1 is 1.07 bits per heavy atom. The number of amides is 2. The van der Waals surface area contributed by atoms with E-state index in [-0.39, 0.29) is 46.7 Å². The molecule has 2 amide bonds. The van der Waals surface area contributed by atoms with Crippen LogP contribution in [0.25, 0.3) is 0 Å². The molecule has 0 unspecified atom stereocenters. The first kappa shape index (κ1) is 31.8. The Kier molecular flexibility index (Phi) is 9.63. The molecule has 0 radical (unpaired) electrons. The Hall–Kier alpha value is -4.13. The van der Waals surface area contributed by atoms with Crippen molar-refractivity contribution in [2.45, 2.75) is 71.8 Å². The molecule has 0 spiro atoms. The monoisotopic (exact) mass is 612 g/mol. The Morgan fingerprint density at radius 2 is 1.77 bits per heavy atom. The van der Waals surface area contributed by atoms with Crippen LogP contribution in [-0.2, 0) is 16.6 Å². The molecule has 3 aromatic rings. The fourth-order valence-corrected chi connectivity index (χ4v) is 5.30. The molecule has 2 aromatic heterocycles. The summed E-state index contributed by atoms with van der Waals surface area (Å²) < 4.78 is 22.1. The number of carbonyl (C=O) groups excluding carboxylic acids is 2. The molecule has 0 aliphatic heterocycles. The zero-order valence-electron chi connectivity index (χ0n) is 26.0. The lowest BCUT2D eigenvalue weighted by atomic mass is 9.86. The molecular formula is C30H40N6O6S. The standard InChI is InChI=1S/C30H40N6O6S/c1-17-14-18-10-11-30(5,6)19(18)15-21(17)42-28-32-20(16-43-28)23(37)33-22-24(39-7)34-26(35-25(22)40-8)31-12-9-13-41-27(38)36-29(2,3)4/h14-16H,9-13H2,1-8H3,(H,33,37)(H,36,38)(H,31,34,35). The van der Waals surface area contributed by atoms with Crippen LogP contribution >= 0.6 is 11.3 Å². The highest BCUT2D eigenvalue weighted by Crippen LogP contribution is 2.42. The van der Waals surface area contributed by atoms with Crippen LogP contribution in [0, 0.1) is 6.92 Å². The summed E-state index contributed by atoms with van der Waals surface area (Å²) in [4.78, 5) is 38.0. The number of hydrogen-bond donors (Lipinski definition) is 3. The third kappa shape index (κ3) is 8.04. The number of alkyl carbamates (subject to hydrolysis) is 1. The van der Waals surface area contributed by atoms with Crippen molar-refractivity contribution in [2.75, 3.05) is 38.0 Å². The summed E-state index contributed by atoms with van der Waals surface area (Å²) in [6.07, 6.45) is 2.20. The number of aryl methyl sites for hydroxylation is 2. The van der Waals surface area contributed by atoms with Gasteiger partial charge in [0.25, 0.3) is 11.1 Å². The van der Waals surface area contributed by atoms with Crippen molar-refractivity contribution in [3.05, 3.63) is 39.9 Å². The highest BCUT2D eigenvalue weighted by atomic mass is 32.1. The van der Waals surface area contributed by atoms with Gasteiger partial charge in [0.05, 0.1) is 20.8 Å². The van der Waals surface area contributed by atoms with E-state index in [9.17, 15) is 9.59 Å². The van der Waals surface area contributed by atoms with E-state index in [0.717, 1.165) is 24.2 Å². The highest BCUT2D eigenvalue weighted by molar-refractivity contribution is 7.11. The van der Waals surface area contributed by atoms with Gasteiger partial charge in [-0.05, 0) is 75.1 Å². The molecule has 3 N–H and O–H groups in total. The van der Waals surface area contributed by atoms with Crippen LogP contribution in [0.1, 0.15) is 74.6 Å². The first-order chi connectivity index (χ1) is 20.3. The van der Waals surface area contributed by atoms with Crippen LogP contribution in [0.2, 0.25) is 0 Å². The van der Waals surface area contributed by atoms with Gasteiger partial charge in [-0.15, -0.1) is 0 Å². The van der Waals surface area contributed by atoms with E-state index in [4.69, 9.17) is 18.9 Å². The Morgan fingerprint density at radius 3 is 2.42 bits per heavy atom.